The normalized spacial score (nSPS) is 11.8. The lowest BCUT2D eigenvalue weighted by molar-refractivity contribution is 0.290. The molecular formula is C16H16O6. The molecule has 1 aliphatic heterocycles. The van der Waals surface area contributed by atoms with Crippen LogP contribution in [0.25, 0.3) is 0 Å². The van der Waals surface area contributed by atoms with E-state index in [0.29, 0.717) is 22.6 Å². The van der Waals surface area contributed by atoms with E-state index < -0.39 is 0 Å². The van der Waals surface area contributed by atoms with Crippen molar-refractivity contribution in [1.29, 1.82) is 0 Å². The second kappa shape index (κ2) is 4.91. The number of ether oxygens (including phenoxy) is 4. The largest absolute Gasteiger partial charge is 0.504 e. The van der Waals surface area contributed by atoms with E-state index in [0.717, 1.165) is 0 Å². The van der Waals surface area contributed by atoms with Crippen LogP contribution >= 0.6 is 0 Å². The highest BCUT2D eigenvalue weighted by Crippen LogP contribution is 2.59. The summed E-state index contributed by atoms with van der Waals surface area (Å²) in [5, 5.41) is 20.2. The van der Waals surface area contributed by atoms with Gasteiger partial charge in [0.1, 0.15) is 0 Å². The van der Waals surface area contributed by atoms with Crippen molar-refractivity contribution in [2.45, 2.75) is 13.8 Å². The molecule has 0 aliphatic carbocycles. The molecule has 3 rings (SSSR count). The van der Waals surface area contributed by atoms with Crippen LogP contribution in [0.15, 0.2) is 12.1 Å². The van der Waals surface area contributed by atoms with Gasteiger partial charge in [0.05, 0.1) is 14.2 Å². The van der Waals surface area contributed by atoms with Gasteiger partial charge < -0.3 is 29.2 Å². The van der Waals surface area contributed by atoms with E-state index in [-0.39, 0.29) is 34.5 Å². The van der Waals surface area contributed by atoms with Crippen LogP contribution in [0.4, 0.5) is 0 Å². The molecule has 0 amide bonds. The predicted octanol–water partition coefficient (Wildman–Crippen LogP) is 3.63. The molecule has 0 fully saturated rings. The van der Waals surface area contributed by atoms with Crippen molar-refractivity contribution in [3.8, 4) is 46.0 Å². The first-order valence-corrected chi connectivity index (χ1v) is 6.64. The number of benzene rings is 2. The summed E-state index contributed by atoms with van der Waals surface area (Å²) < 4.78 is 22.1. The third kappa shape index (κ3) is 1.88. The predicted molar refractivity (Wildman–Crippen MR) is 78.9 cm³/mol. The zero-order valence-electron chi connectivity index (χ0n) is 12.7. The fourth-order valence-corrected chi connectivity index (χ4v) is 2.43. The highest BCUT2D eigenvalue weighted by Gasteiger charge is 2.32. The van der Waals surface area contributed by atoms with Gasteiger partial charge in [-0.05, 0) is 37.1 Å². The van der Waals surface area contributed by atoms with Gasteiger partial charge in [0.25, 0.3) is 0 Å². The summed E-state index contributed by atoms with van der Waals surface area (Å²) in [6.07, 6.45) is 0. The number of rotatable bonds is 2. The molecular weight excluding hydrogens is 288 g/mol. The molecule has 116 valence electrons. The second-order valence-electron chi connectivity index (χ2n) is 5.01. The first-order chi connectivity index (χ1) is 10.5. The Morgan fingerprint density at radius 3 is 2.14 bits per heavy atom. The van der Waals surface area contributed by atoms with Gasteiger partial charge in [0, 0.05) is 0 Å². The van der Waals surface area contributed by atoms with Crippen LogP contribution in [0, 0.1) is 13.8 Å². The summed E-state index contributed by atoms with van der Waals surface area (Å²) in [6, 6.07) is 3.15. The first kappa shape index (κ1) is 14.2. The van der Waals surface area contributed by atoms with E-state index in [1.807, 2.05) is 0 Å². The molecule has 22 heavy (non-hydrogen) atoms. The number of phenolic OH excluding ortho intramolecular Hbond substituents is 2. The van der Waals surface area contributed by atoms with Crippen LogP contribution < -0.4 is 18.9 Å². The first-order valence-electron chi connectivity index (χ1n) is 6.64. The zero-order chi connectivity index (χ0) is 16.0. The molecule has 0 saturated carbocycles. The molecule has 0 atom stereocenters. The van der Waals surface area contributed by atoms with Gasteiger partial charge >= 0.3 is 0 Å². The molecule has 2 aromatic rings. The van der Waals surface area contributed by atoms with Crippen molar-refractivity contribution in [2.24, 2.45) is 0 Å². The number of phenols is 2. The topological polar surface area (TPSA) is 77.4 Å². The number of fused-ring (bicyclic) bond motifs is 2. The van der Waals surface area contributed by atoms with Crippen molar-refractivity contribution >= 4 is 0 Å². The van der Waals surface area contributed by atoms with Gasteiger partial charge in [-0.2, -0.15) is 0 Å². The second-order valence-corrected chi connectivity index (χ2v) is 5.01. The maximum absolute atomic E-state index is 10.2. The van der Waals surface area contributed by atoms with E-state index in [1.54, 1.807) is 19.9 Å². The van der Waals surface area contributed by atoms with Gasteiger partial charge in [0.15, 0.2) is 23.0 Å². The van der Waals surface area contributed by atoms with Crippen LogP contribution in [0.2, 0.25) is 0 Å². The Bertz CT molecular complexity index is 766. The van der Waals surface area contributed by atoms with Gasteiger partial charge in [0.2, 0.25) is 23.0 Å². The molecule has 0 saturated heterocycles. The summed E-state index contributed by atoms with van der Waals surface area (Å²) in [6.45, 7) is 3.50. The van der Waals surface area contributed by atoms with Gasteiger partial charge in [-0.3, -0.25) is 0 Å². The molecule has 6 heteroatoms. The summed E-state index contributed by atoms with van der Waals surface area (Å²) in [5.41, 5.74) is 1.25. The fraction of sp³-hybridized carbons (Fsp3) is 0.250. The van der Waals surface area contributed by atoms with Crippen LogP contribution in [0.1, 0.15) is 11.1 Å². The molecule has 0 aromatic heterocycles. The Morgan fingerprint density at radius 2 is 1.50 bits per heavy atom. The lowest BCUT2D eigenvalue weighted by Gasteiger charge is -2.26. The van der Waals surface area contributed by atoms with Crippen molar-refractivity contribution in [3.05, 3.63) is 23.3 Å². The Balaban J connectivity index is 2.26. The highest BCUT2D eigenvalue weighted by molar-refractivity contribution is 5.72. The number of aryl methyl sites for hydroxylation is 2. The number of methoxy groups -OCH3 is 2. The molecule has 6 nitrogen and oxygen atoms in total. The molecule has 0 spiro atoms. The maximum atomic E-state index is 10.2. The Morgan fingerprint density at radius 1 is 0.818 bits per heavy atom. The molecule has 0 bridgehead atoms. The zero-order valence-corrected chi connectivity index (χ0v) is 12.7. The average Bonchev–Trinajstić information content (AvgIpc) is 2.50. The van der Waals surface area contributed by atoms with E-state index in [9.17, 15) is 10.2 Å². The minimum atomic E-state index is -0.0545. The van der Waals surface area contributed by atoms with Crippen molar-refractivity contribution in [3.63, 3.8) is 0 Å². The van der Waals surface area contributed by atoms with Crippen molar-refractivity contribution in [2.75, 3.05) is 14.2 Å². The van der Waals surface area contributed by atoms with Gasteiger partial charge in [-0.15, -0.1) is 0 Å². The third-order valence-corrected chi connectivity index (χ3v) is 3.55. The Kier molecular flexibility index (Phi) is 3.16. The van der Waals surface area contributed by atoms with E-state index in [4.69, 9.17) is 18.9 Å². The molecule has 2 N–H and O–H groups in total. The van der Waals surface area contributed by atoms with Crippen LogP contribution in [-0.2, 0) is 0 Å². The summed E-state index contributed by atoms with van der Waals surface area (Å²) in [7, 11) is 2.92. The minimum Gasteiger partial charge on any atom is -0.504 e. The standard InChI is InChI=1S/C16H16O6/c1-7-6-10(19-3)14-15(11(7)18)21-12-8(2)5-9(17)13(20-4)16(12)22-14/h5-6,17-18H,1-4H3. The SMILES string of the molecule is COc1cc(C)c(O)c2c1Oc1c(c(C)cc(O)c1OC)O2. The van der Waals surface area contributed by atoms with Gasteiger partial charge in [-0.1, -0.05) is 0 Å². The number of hydrogen-bond donors (Lipinski definition) is 2. The smallest absolute Gasteiger partial charge is 0.216 e. The molecule has 1 aliphatic rings. The quantitative estimate of drug-likeness (QED) is 0.753. The molecule has 0 radical (unpaired) electrons. The summed E-state index contributed by atoms with van der Waals surface area (Å²) >= 11 is 0. The monoisotopic (exact) mass is 304 g/mol. The van der Waals surface area contributed by atoms with E-state index >= 15 is 0 Å². The number of hydrogen-bond acceptors (Lipinski definition) is 6. The van der Waals surface area contributed by atoms with E-state index in [2.05, 4.69) is 0 Å². The maximum Gasteiger partial charge on any atom is 0.216 e. The lowest BCUT2D eigenvalue weighted by atomic mass is 10.1. The summed E-state index contributed by atoms with van der Waals surface area (Å²) in [4.78, 5) is 0. The van der Waals surface area contributed by atoms with Crippen LogP contribution in [0.5, 0.6) is 46.0 Å². The molecule has 1 heterocycles. The summed E-state index contributed by atoms with van der Waals surface area (Å²) in [5.74, 6) is 1.54. The molecule has 2 aromatic carbocycles. The fourth-order valence-electron chi connectivity index (χ4n) is 2.43. The number of aromatic hydroxyl groups is 2. The lowest BCUT2D eigenvalue weighted by Crippen LogP contribution is -2.05. The van der Waals surface area contributed by atoms with Crippen LogP contribution in [-0.4, -0.2) is 24.4 Å². The van der Waals surface area contributed by atoms with Crippen LogP contribution in [0.3, 0.4) is 0 Å². The van der Waals surface area contributed by atoms with Crippen molar-refractivity contribution in [1.82, 2.24) is 0 Å². The third-order valence-electron chi connectivity index (χ3n) is 3.55. The Labute approximate surface area is 127 Å². The average molecular weight is 304 g/mol. The highest BCUT2D eigenvalue weighted by atomic mass is 16.6. The minimum absolute atomic E-state index is 0.0205. The van der Waals surface area contributed by atoms with Gasteiger partial charge in [-0.25, -0.2) is 0 Å². The molecule has 0 unspecified atom stereocenters. The Hall–Kier alpha value is -2.76. The van der Waals surface area contributed by atoms with E-state index in [1.165, 1.54) is 20.3 Å². The van der Waals surface area contributed by atoms with Crippen molar-refractivity contribution < 1.29 is 29.2 Å².